The van der Waals surface area contributed by atoms with E-state index in [4.69, 9.17) is 0 Å². The highest BCUT2D eigenvalue weighted by Gasteiger charge is 1.95. The van der Waals surface area contributed by atoms with Gasteiger partial charge in [-0.05, 0) is 28.8 Å². The lowest BCUT2D eigenvalue weighted by atomic mass is 10.3. The second kappa shape index (κ2) is 6.34. The van der Waals surface area contributed by atoms with E-state index in [9.17, 15) is 0 Å². The van der Waals surface area contributed by atoms with E-state index in [0.29, 0.717) is 5.95 Å². The van der Waals surface area contributed by atoms with Gasteiger partial charge in [0.1, 0.15) is 0 Å². The zero-order valence-electron chi connectivity index (χ0n) is 9.38. The molecule has 17 heavy (non-hydrogen) atoms. The zero-order chi connectivity index (χ0) is 11.9. The third-order valence-corrected chi connectivity index (χ3v) is 2.72. The van der Waals surface area contributed by atoms with Crippen LogP contribution in [-0.4, -0.2) is 26.1 Å². The normalized spacial score (nSPS) is 10.4. The molecule has 0 bridgehead atoms. The first-order valence-corrected chi connectivity index (χ1v) is 6.31. The standard InChI is InChI=1S/C11H14BrN5/c12-10-7-15-11(16-8-10)14-3-1-2-5-17-6-4-13-9-17/h4,6-9H,1-3,5H2,(H,14,15,16). The molecule has 0 radical (unpaired) electrons. The van der Waals surface area contributed by atoms with Crippen LogP contribution < -0.4 is 5.32 Å². The maximum Gasteiger partial charge on any atom is 0.222 e. The van der Waals surface area contributed by atoms with Crippen LogP contribution in [0.2, 0.25) is 0 Å². The molecule has 0 aliphatic rings. The minimum atomic E-state index is 0.677. The Morgan fingerprint density at radius 1 is 1.24 bits per heavy atom. The molecule has 0 aromatic carbocycles. The SMILES string of the molecule is Brc1cnc(NCCCCn2ccnc2)nc1. The number of imidazole rings is 1. The molecule has 0 amide bonds. The lowest BCUT2D eigenvalue weighted by Gasteiger charge is -2.04. The molecular weight excluding hydrogens is 282 g/mol. The molecule has 0 fully saturated rings. The van der Waals surface area contributed by atoms with Crippen LogP contribution in [0.15, 0.2) is 35.6 Å². The van der Waals surface area contributed by atoms with Gasteiger partial charge in [0, 0.05) is 37.9 Å². The van der Waals surface area contributed by atoms with E-state index in [1.165, 1.54) is 0 Å². The van der Waals surface area contributed by atoms with Crippen molar-refractivity contribution < 1.29 is 0 Å². The third kappa shape index (κ3) is 4.14. The topological polar surface area (TPSA) is 55.6 Å². The van der Waals surface area contributed by atoms with E-state index >= 15 is 0 Å². The number of hydrogen-bond donors (Lipinski definition) is 1. The summed E-state index contributed by atoms with van der Waals surface area (Å²) in [7, 11) is 0. The smallest absolute Gasteiger partial charge is 0.222 e. The summed E-state index contributed by atoms with van der Waals surface area (Å²) in [4.78, 5) is 12.3. The van der Waals surface area contributed by atoms with Gasteiger partial charge < -0.3 is 9.88 Å². The van der Waals surface area contributed by atoms with E-state index in [0.717, 1.165) is 30.4 Å². The molecular formula is C11H14BrN5. The molecule has 0 saturated heterocycles. The van der Waals surface area contributed by atoms with Gasteiger partial charge in [-0.25, -0.2) is 15.0 Å². The predicted octanol–water partition coefficient (Wildman–Crippen LogP) is 2.33. The molecule has 2 heterocycles. The van der Waals surface area contributed by atoms with E-state index < -0.39 is 0 Å². The van der Waals surface area contributed by atoms with Gasteiger partial charge in [0.05, 0.1) is 10.8 Å². The summed E-state index contributed by atoms with van der Waals surface area (Å²) in [5.74, 6) is 0.677. The lowest BCUT2D eigenvalue weighted by Crippen LogP contribution is -2.06. The van der Waals surface area contributed by atoms with Gasteiger partial charge in [-0.2, -0.15) is 0 Å². The average Bonchev–Trinajstić information content (AvgIpc) is 2.84. The number of nitrogens with one attached hydrogen (secondary N) is 1. The van der Waals surface area contributed by atoms with Gasteiger partial charge in [-0.1, -0.05) is 0 Å². The third-order valence-electron chi connectivity index (χ3n) is 2.31. The Hall–Kier alpha value is -1.43. The maximum absolute atomic E-state index is 4.14. The van der Waals surface area contributed by atoms with Crippen LogP contribution in [0.1, 0.15) is 12.8 Å². The zero-order valence-corrected chi connectivity index (χ0v) is 11.0. The number of hydrogen-bond acceptors (Lipinski definition) is 4. The Morgan fingerprint density at radius 3 is 2.76 bits per heavy atom. The molecule has 2 aromatic rings. The van der Waals surface area contributed by atoms with Gasteiger partial charge in [0.25, 0.3) is 0 Å². The van der Waals surface area contributed by atoms with Crippen molar-refractivity contribution in [1.29, 1.82) is 0 Å². The van der Waals surface area contributed by atoms with Crippen molar-refractivity contribution in [3.8, 4) is 0 Å². The van der Waals surface area contributed by atoms with Crippen LogP contribution in [0.3, 0.4) is 0 Å². The predicted molar refractivity (Wildman–Crippen MR) is 69.7 cm³/mol. The fourth-order valence-electron chi connectivity index (χ4n) is 1.44. The van der Waals surface area contributed by atoms with Gasteiger partial charge in [0.2, 0.25) is 5.95 Å². The summed E-state index contributed by atoms with van der Waals surface area (Å²) in [6.07, 6.45) is 11.3. The van der Waals surface area contributed by atoms with Crippen LogP contribution >= 0.6 is 15.9 Å². The lowest BCUT2D eigenvalue weighted by molar-refractivity contribution is 0.620. The minimum absolute atomic E-state index is 0.677. The second-order valence-electron chi connectivity index (χ2n) is 3.66. The van der Waals surface area contributed by atoms with Crippen molar-refractivity contribution in [1.82, 2.24) is 19.5 Å². The number of unbranched alkanes of at least 4 members (excludes halogenated alkanes) is 1. The summed E-state index contributed by atoms with van der Waals surface area (Å²) in [5, 5.41) is 3.18. The quantitative estimate of drug-likeness (QED) is 0.831. The Bertz CT molecular complexity index is 426. The van der Waals surface area contributed by atoms with E-state index in [1.54, 1.807) is 18.6 Å². The molecule has 90 valence electrons. The van der Waals surface area contributed by atoms with Crippen molar-refractivity contribution in [3.63, 3.8) is 0 Å². The van der Waals surface area contributed by atoms with Crippen molar-refractivity contribution in [2.75, 3.05) is 11.9 Å². The number of halogens is 1. The van der Waals surface area contributed by atoms with E-state index in [2.05, 4.69) is 40.8 Å². The molecule has 5 nitrogen and oxygen atoms in total. The minimum Gasteiger partial charge on any atom is -0.354 e. The summed E-state index contributed by atoms with van der Waals surface area (Å²) >= 11 is 3.30. The summed E-state index contributed by atoms with van der Waals surface area (Å²) in [5.41, 5.74) is 0. The van der Waals surface area contributed by atoms with Crippen molar-refractivity contribution in [2.45, 2.75) is 19.4 Å². The molecule has 0 spiro atoms. The Labute approximate surface area is 108 Å². The monoisotopic (exact) mass is 295 g/mol. The molecule has 0 unspecified atom stereocenters. The first-order valence-electron chi connectivity index (χ1n) is 5.52. The summed E-state index contributed by atoms with van der Waals surface area (Å²) < 4.78 is 2.97. The van der Waals surface area contributed by atoms with Crippen LogP contribution in [0.25, 0.3) is 0 Å². The molecule has 0 aliphatic heterocycles. The molecule has 6 heteroatoms. The first kappa shape index (κ1) is 12.0. The van der Waals surface area contributed by atoms with Crippen LogP contribution in [0.4, 0.5) is 5.95 Å². The van der Waals surface area contributed by atoms with Gasteiger partial charge in [-0.3, -0.25) is 0 Å². The Balaban J connectivity index is 1.61. The number of aryl methyl sites for hydroxylation is 1. The second-order valence-corrected chi connectivity index (χ2v) is 4.57. The molecule has 0 saturated carbocycles. The van der Waals surface area contributed by atoms with Crippen molar-refractivity contribution in [2.24, 2.45) is 0 Å². The number of anilines is 1. The highest BCUT2D eigenvalue weighted by atomic mass is 79.9. The Kier molecular flexibility index (Phi) is 4.49. The van der Waals surface area contributed by atoms with Crippen LogP contribution in [0, 0.1) is 0 Å². The highest BCUT2D eigenvalue weighted by molar-refractivity contribution is 9.10. The highest BCUT2D eigenvalue weighted by Crippen LogP contribution is 2.06. The maximum atomic E-state index is 4.14. The number of aromatic nitrogens is 4. The average molecular weight is 296 g/mol. The summed E-state index contributed by atoms with van der Waals surface area (Å²) in [6.45, 7) is 1.89. The fourth-order valence-corrected chi connectivity index (χ4v) is 1.65. The molecule has 0 atom stereocenters. The van der Waals surface area contributed by atoms with Gasteiger partial charge >= 0.3 is 0 Å². The van der Waals surface area contributed by atoms with Gasteiger partial charge in [0.15, 0.2) is 0 Å². The molecule has 0 aliphatic carbocycles. The van der Waals surface area contributed by atoms with Crippen molar-refractivity contribution in [3.05, 3.63) is 35.6 Å². The molecule has 2 aromatic heterocycles. The largest absolute Gasteiger partial charge is 0.354 e. The van der Waals surface area contributed by atoms with Crippen LogP contribution in [0.5, 0.6) is 0 Å². The van der Waals surface area contributed by atoms with E-state index in [1.807, 2.05) is 12.5 Å². The number of rotatable bonds is 6. The first-order chi connectivity index (χ1) is 8.34. The fraction of sp³-hybridized carbons (Fsp3) is 0.364. The van der Waals surface area contributed by atoms with Crippen molar-refractivity contribution >= 4 is 21.9 Å². The molecule has 1 N–H and O–H groups in total. The van der Waals surface area contributed by atoms with Crippen LogP contribution in [-0.2, 0) is 6.54 Å². The number of nitrogens with zero attached hydrogens (tertiary/aromatic N) is 4. The Morgan fingerprint density at radius 2 is 2.06 bits per heavy atom. The summed E-state index contributed by atoms with van der Waals surface area (Å²) in [6, 6.07) is 0. The van der Waals surface area contributed by atoms with Gasteiger partial charge in [-0.15, -0.1) is 0 Å². The van der Waals surface area contributed by atoms with E-state index in [-0.39, 0.29) is 0 Å². The molecule has 2 rings (SSSR count).